The minimum absolute atomic E-state index is 0.242. The average molecular weight is 369 g/mol. The van der Waals surface area contributed by atoms with E-state index in [4.69, 9.17) is 9.47 Å². The Kier molecular flexibility index (Phi) is 5.76. The van der Waals surface area contributed by atoms with E-state index in [1.54, 1.807) is 26.2 Å². The number of rotatable bonds is 6. The molecule has 1 amide bonds. The van der Waals surface area contributed by atoms with E-state index in [1.807, 2.05) is 36.4 Å². The quantitative estimate of drug-likeness (QED) is 0.847. The molecule has 2 atom stereocenters. The van der Waals surface area contributed by atoms with Crippen LogP contribution in [0.1, 0.15) is 29.7 Å². The predicted octanol–water partition coefficient (Wildman–Crippen LogP) is 2.81. The Labute approximate surface area is 158 Å². The van der Waals surface area contributed by atoms with E-state index in [9.17, 15) is 14.7 Å². The van der Waals surface area contributed by atoms with Gasteiger partial charge in [0, 0.05) is 6.54 Å². The lowest BCUT2D eigenvalue weighted by Gasteiger charge is -2.36. The standard InChI is InChI=1S/C21H23NO5/c1-14(27-13-15-6-5-8-17(12-15)26-2)20(23)22-11-10-16-7-3-4-9-18(16)19(22)21(24)25/h3-9,12,14,19H,10-11,13H2,1-2H3,(H,24,25). The van der Waals surface area contributed by atoms with E-state index in [0.717, 1.165) is 11.1 Å². The summed E-state index contributed by atoms with van der Waals surface area (Å²) in [5, 5.41) is 9.70. The maximum atomic E-state index is 12.9. The van der Waals surface area contributed by atoms with Crippen molar-refractivity contribution in [1.29, 1.82) is 0 Å². The number of amides is 1. The maximum Gasteiger partial charge on any atom is 0.331 e. The zero-order valence-electron chi connectivity index (χ0n) is 15.4. The molecule has 1 heterocycles. The zero-order chi connectivity index (χ0) is 19.4. The summed E-state index contributed by atoms with van der Waals surface area (Å²) >= 11 is 0. The van der Waals surface area contributed by atoms with Gasteiger partial charge in [-0.3, -0.25) is 4.79 Å². The van der Waals surface area contributed by atoms with Gasteiger partial charge in [-0.15, -0.1) is 0 Å². The molecular weight excluding hydrogens is 346 g/mol. The Balaban J connectivity index is 1.71. The highest BCUT2D eigenvalue weighted by Crippen LogP contribution is 2.30. The van der Waals surface area contributed by atoms with Gasteiger partial charge in [0.1, 0.15) is 11.9 Å². The molecule has 0 aliphatic carbocycles. The summed E-state index contributed by atoms with van der Waals surface area (Å²) < 4.78 is 10.9. The number of carbonyl (C=O) groups is 2. The number of benzene rings is 2. The Morgan fingerprint density at radius 3 is 2.74 bits per heavy atom. The Hall–Kier alpha value is -2.86. The summed E-state index contributed by atoms with van der Waals surface area (Å²) in [4.78, 5) is 26.1. The first kappa shape index (κ1) is 18.9. The van der Waals surface area contributed by atoms with Gasteiger partial charge < -0.3 is 19.5 Å². The van der Waals surface area contributed by atoms with Crippen LogP contribution in [0.4, 0.5) is 0 Å². The summed E-state index contributed by atoms with van der Waals surface area (Å²) in [5.74, 6) is -0.635. The number of carboxylic acids is 1. The summed E-state index contributed by atoms with van der Waals surface area (Å²) in [6.07, 6.45) is -0.114. The van der Waals surface area contributed by atoms with E-state index < -0.39 is 18.1 Å². The molecule has 2 aromatic carbocycles. The fraction of sp³-hybridized carbons (Fsp3) is 0.333. The van der Waals surface area contributed by atoms with Crippen molar-refractivity contribution in [2.45, 2.75) is 32.1 Å². The first-order valence-corrected chi connectivity index (χ1v) is 8.87. The number of methoxy groups -OCH3 is 1. The molecule has 0 aromatic heterocycles. The zero-order valence-corrected chi connectivity index (χ0v) is 15.4. The van der Waals surface area contributed by atoms with E-state index in [-0.39, 0.29) is 12.5 Å². The number of nitrogens with zero attached hydrogens (tertiary/aromatic N) is 1. The molecule has 6 nitrogen and oxygen atoms in total. The lowest BCUT2D eigenvalue weighted by Crippen LogP contribution is -2.47. The molecule has 1 N–H and O–H groups in total. The van der Waals surface area contributed by atoms with Gasteiger partial charge in [-0.1, -0.05) is 36.4 Å². The third-order valence-electron chi connectivity index (χ3n) is 4.78. The van der Waals surface area contributed by atoms with Crippen molar-refractivity contribution >= 4 is 11.9 Å². The highest BCUT2D eigenvalue weighted by Gasteiger charge is 2.37. The van der Waals surface area contributed by atoms with Gasteiger partial charge in [-0.2, -0.15) is 0 Å². The number of hydrogen-bond donors (Lipinski definition) is 1. The second kappa shape index (κ2) is 8.22. The Bertz CT molecular complexity index is 835. The van der Waals surface area contributed by atoms with Gasteiger partial charge in [0.2, 0.25) is 0 Å². The van der Waals surface area contributed by atoms with Crippen LogP contribution in [0.25, 0.3) is 0 Å². The van der Waals surface area contributed by atoms with Gasteiger partial charge in [0.05, 0.1) is 13.7 Å². The van der Waals surface area contributed by atoms with Crippen LogP contribution in [0.3, 0.4) is 0 Å². The van der Waals surface area contributed by atoms with Crippen LogP contribution in [-0.2, 0) is 27.4 Å². The molecule has 142 valence electrons. The molecule has 2 unspecified atom stereocenters. The van der Waals surface area contributed by atoms with Crippen molar-refractivity contribution in [3.05, 3.63) is 65.2 Å². The van der Waals surface area contributed by atoms with E-state index in [2.05, 4.69) is 0 Å². The van der Waals surface area contributed by atoms with Crippen molar-refractivity contribution in [1.82, 2.24) is 4.90 Å². The fourth-order valence-electron chi connectivity index (χ4n) is 3.36. The second-order valence-corrected chi connectivity index (χ2v) is 6.53. The van der Waals surface area contributed by atoms with Crippen LogP contribution in [0.15, 0.2) is 48.5 Å². The van der Waals surface area contributed by atoms with E-state index >= 15 is 0 Å². The molecular formula is C21H23NO5. The number of aliphatic carboxylic acids is 1. The molecule has 3 rings (SSSR count). The molecule has 27 heavy (non-hydrogen) atoms. The van der Waals surface area contributed by atoms with Crippen molar-refractivity contribution in [2.75, 3.05) is 13.7 Å². The highest BCUT2D eigenvalue weighted by atomic mass is 16.5. The van der Waals surface area contributed by atoms with Crippen LogP contribution in [0.5, 0.6) is 5.75 Å². The lowest BCUT2D eigenvalue weighted by atomic mass is 9.92. The summed E-state index contributed by atoms with van der Waals surface area (Å²) in [5.41, 5.74) is 2.52. The first-order chi connectivity index (χ1) is 13.0. The number of fused-ring (bicyclic) bond motifs is 1. The first-order valence-electron chi connectivity index (χ1n) is 8.87. The van der Waals surface area contributed by atoms with Crippen LogP contribution in [-0.4, -0.2) is 41.6 Å². The van der Waals surface area contributed by atoms with E-state index in [0.29, 0.717) is 24.3 Å². The minimum atomic E-state index is -1.03. The average Bonchev–Trinajstić information content (AvgIpc) is 2.70. The molecule has 2 aromatic rings. The van der Waals surface area contributed by atoms with Crippen LogP contribution in [0.2, 0.25) is 0 Å². The predicted molar refractivity (Wildman–Crippen MR) is 99.5 cm³/mol. The second-order valence-electron chi connectivity index (χ2n) is 6.53. The molecule has 0 saturated heterocycles. The third kappa shape index (κ3) is 4.11. The highest BCUT2D eigenvalue weighted by molar-refractivity contribution is 5.87. The molecule has 6 heteroatoms. The molecule has 0 radical (unpaired) electrons. The van der Waals surface area contributed by atoms with Gasteiger partial charge >= 0.3 is 5.97 Å². The topological polar surface area (TPSA) is 76.1 Å². The van der Waals surface area contributed by atoms with Crippen LogP contribution < -0.4 is 4.74 Å². The molecule has 1 aliphatic heterocycles. The number of carbonyl (C=O) groups excluding carboxylic acids is 1. The summed E-state index contributed by atoms with van der Waals surface area (Å²) in [6.45, 7) is 2.26. The smallest absolute Gasteiger partial charge is 0.331 e. The van der Waals surface area contributed by atoms with Crippen LogP contribution in [0, 0.1) is 0 Å². The Morgan fingerprint density at radius 1 is 1.22 bits per heavy atom. The van der Waals surface area contributed by atoms with Gasteiger partial charge in [-0.05, 0) is 42.2 Å². The van der Waals surface area contributed by atoms with Gasteiger partial charge in [-0.25, -0.2) is 4.79 Å². The van der Waals surface area contributed by atoms with Crippen molar-refractivity contribution in [3.8, 4) is 5.75 Å². The monoisotopic (exact) mass is 369 g/mol. The fourth-order valence-corrected chi connectivity index (χ4v) is 3.36. The van der Waals surface area contributed by atoms with Crippen LogP contribution >= 0.6 is 0 Å². The molecule has 0 bridgehead atoms. The SMILES string of the molecule is COc1cccc(COC(C)C(=O)N2CCc3ccccc3C2C(=O)O)c1. The maximum absolute atomic E-state index is 12.9. The lowest BCUT2D eigenvalue weighted by molar-refractivity contribution is -0.157. The van der Waals surface area contributed by atoms with Crippen molar-refractivity contribution in [2.24, 2.45) is 0 Å². The Morgan fingerprint density at radius 2 is 2.00 bits per heavy atom. The summed E-state index contributed by atoms with van der Waals surface area (Å²) in [7, 11) is 1.59. The largest absolute Gasteiger partial charge is 0.497 e. The molecule has 0 fully saturated rings. The minimum Gasteiger partial charge on any atom is -0.497 e. The number of hydrogen-bond acceptors (Lipinski definition) is 4. The third-order valence-corrected chi connectivity index (χ3v) is 4.78. The molecule has 1 aliphatic rings. The number of carboxylic acid groups (broad SMARTS) is 1. The normalized spacial score (nSPS) is 17.1. The van der Waals surface area contributed by atoms with Gasteiger partial charge in [0.25, 0.3) is 5.91 Å². The van der Waals surface area contributed by atoms with Gasteiger partial charge in [0.15, 0.2) is 6.04 Å². The molecule has 0 saturated carbocycles. The molecule has 0 spiro atoms. The number of ether oxygens (including phenoxy) is 2. The van der Waals surface area contributed by atoms with Crippen molar-refractivity contribution < 1.29 is 24.2 Å². The van der Waals surface area contributed by atoms with E-state index in [1.165, 1.54) is 4.90 Å². The van der Waals surface area contributed by atoms with Crippen molar-refractivity contribution in [3.63, 3.8) is 0 Å². The summed E-state index contributed by atoms with van der Waals surface area (Å²) in [6, 6.07) is 13.8.